The molecule has 1 aliphatic carbocycles. The SMILES string of the molecule is CC(C)c1cccc(C(C)C)c1-n1ccnc1-c1ccccc1C1C=C(Cc2cccc3c2N2C(=C4c5ccccc5-c5ccccc5N4C2C)c2ccccc2-3)C1. The molecule has 6 aromatic carbocycles. The summed E-state index contributed by atoms with van der Waals surface area (Å²) in [7, 11) is 0. The smallest absolute Gasteiger partial charge is 0.144 e. The van der Waals surface area contributed by atoms with Crippen LogP contribution >= 0.6 is 0 Å². The standard InChI is InChI=1S/C54H48N4/c1-33(2)39-24-15-25-40(34(3)4)51(39)56-29-28-55-54(56)48-23-11-6-17-41(48)38-31-36(32-38)30-37-16-14-26-45-43-19-8-10-22-47(43)53-52-46-21-9-7-18-42(46)44-20-12-13-27-49(44)57(52)35(5)58(53)50(37)45/h6-29,31,33-35,38H,30,32H2,1-5H3. The Morgan fingerprint density at radius 2 is 1.12 bits per heavy atom. The first-order valence-corrected chi connectivity index (χ1v) is 21.1. The number of fused-ring (bicyclic) bond motifs is 12. The molecule has 0 bridgehead atoms. The summed E-state index contributed by atoms with van der Waals surface area (Å²) in [6, 6.07) is 49.7. The molecule has 0 saturated heterocycles. The summed E-state index contributed by atoms with van der Waals surface area (Å²) in [5.41, 5.74) is 22.5. The minimum absolute atomic E-state index is 0.100. The zero-order valence-electron chi connectivity index (χ0n) is 33.9. The molecule has 0 amide bonds. The lowest BCUT2D eigenvalue weighted by molar-refractivity contribution is 0.711. The monoisotopic (exact) mass is 752 g/mol. The van der Waals surface area contributed by atoms with Crippen molar-refractivity contribution in [3.8, 4) is 39.3 Å². The van der Waals surface area contributed by atoms with Crippen LogP contribution in [-0.4, -0.2) is 15.7 Å². The van der Waals surface area contributed by atoms with Gasteiger partial charge in [-0.05, 0) is 71.0 Å². The maximum absolute atomic E-state index is 5.04. The van der Waals surface area contributed by atoms with E-state index in [1.54, 1.807) is 0 Å². The van der Waals surface area contributed by atoms with Gasteiger partial charge in [0.2, 0.25) is 0 Å². The maximum atomic E-state index is 5.04. The van der Waals surface area contributed by atoms with E-state index in [9.17, 15) is 0 Å². The lowest BCUT2D eigenvalue weighted by atomic mass is 9.76. The molecule has 58 heavy (non-hydrogen) atoms. The predicted octanol–water partition coefficient (Wildman–Crippen LogP) is 13.6. The van der Waals surface area contributed by atoms with Crippen molar-refractivity contribution >= 4 is 22.8 Å². The van der Waals surface area contributed by atoms with Crippen LogP contribution in [0.15, 0.2) is 158 Å². The number of hydrogen-bond donors (Lipinski definition) is 0. The Hall–Kier alpha value is -6.39. The number of aromatic nitrogens is 2. The van der Waals surface area contributed by atoms with Crippen molar-refractivity contribution in [3.63, 3.8) is 0 Å². The van der Waals surface area contributed by atoms with Crippen LogP contribution in [0.5, 0.6) is 0 Å². The highest BCUT2D eigenvalue weighted by atomic mass is 15.4. The van der Waals surface area contributed by atoms with Crippen LogP contribution in [-0.2, 0) is 6.42 Å². The molecule has 0 radical (unpaired) electrons. The van der Waals surface area contributed by atoms with E-state index in [4.69, 9.17) is 4.98 Å². The molecule has 4 heterocycles. The Morgan fingerprint density at radius 3 is 1.81 bits per heavy atom. The number of anilines is 2. The van der Waals surface area contributed by atoms with Crippen LogP contribution in [0.25, 0.3) is 50.7 Å². The van der Waals surface area contributed by atoms with Crippen LogP contribution in [0.2, 0.25) is 0 Å². The highest BCUT2D eigenvalue weighted by molar-refractivity contribution is 6.17. The second-order valence-electron chi connectivity index (χ2n) is 17.1. The van der Waals surface area contributed by atoms with Crippen LogP contribution < -0.4 is 9.80 Å². The van der Waals surface area contributed by atoms with Crippen molar-refractivity contribution in [2.75, 3.05) is 9.80 Å². The Kier molecular flexibility index (Phi) is 8.01. The van der Waals surface area contributed by atoms with Gasteiger partial charge in [-0.3, -0.25) is 4.57 Å². The van der Waals surface area contributed by atoms with Gasteiger partial charge in [0.15, 0.2) is 0 Å². The Bertz CT molecular complexity index is 2820. The number of benzene rings is 6. The molecule has 0 saturated carbocycles. The second-order valence-corrected chi connectivity index (χ2v) is 17.1. The predicted molar refractivity (Wildman–Crippen MR) is 241 cm³/mol. The first kappa shape index (κ1) is 34.8. The van der Waals surface area contributed by atoms with Crippen LogP contribution in [0.4, 0.5) is 11.4 Å². The summed E-state index contributed by atoms with van der Waals surface area (Å²) in [5.74, 6) is 2.16. The number of hydrogen-bond acceptors (Lipinski definition) is 3. The molecule has 1 aromatic heterocycles. The molecular formula is C54H48N4. The number of imidazole rings is 1. The van der Waals surface area contributed by atoms with Gasteiger partial charge in [0.05, 0.1) is 28.5 Å². The van der Waals surface area contributed by atoms with Gasteiger partial charge in [0, 0.05) is 46.1 Å². The van der Waals surface area contributed by atoms with E-state index in [0.29, 0.717) is 17.8 Å². The third-order valence-corrected chi connectivity index (χ3v) is 13.1. The topological polar surface area (TPSA) is 24.3 Å². The number of para-hydroxylation sites is 3. The zero-order chi connectivity index (χ0) is 39.2. The van der Waals surface area contributed by atoms with E-state index < -0.39 is 0 Å². The minimum Gasteiger partial charge on any atom is -0.317 e. The quantitative estimate of drug-likeness (QED) is 0.152. The number of rotatable bonds is 7. The van der Waals surface area contributed by atoms with Crippen LogP contribution in [0.1, 0.15) is 92.2 Å². The third kappa shape index (κ3) is 5.10. The molecule has 284 valence electrons. The minimum atomic E-state index is 0.100. The summed E-state index contributed by atoms with van der Waals surface area (Å²) in [4.78, 5) is 10.3. The maximum Gasteiger partial charge on any atom is 0.144 e. The van der Waals surface area contributed by atoms with E-state index in [1.807, 2.05) is 6.20 Å². The van der Waals surface area contributed by atoms with Gasteiger partial charge >= 0.3 is 0 Å². The molecule has 0 spiro atoms. The highest BCUT2D eigenvalue weighted by Crippen LogP contribution is 2.58. The summed E-state index contributed by atoms with van der Waals surface area (Å²) in [6.07, 6.45) is 8.73. The summed E-state index contributed by atoms with van der Waals surface area (Å²) in [6.45, 7) is 11.6. The zero-order valence-corrected chi connectivity index (χ0v) is 33.9. The summed E-state index contributed by atoms with van der Waals surface area (Å²) >= 11 is 0. The third-order valence-electron chi connectivity index (χ3n) is 13.1. The molecule has 7 aromatic rings. The van der Waals surface area contributed by atoms with Crippen LogP contribution in [0.3, 0.4) is 0 Å². The van der Waals surface area contributed by atoms with Gasteiger partial charge in [-0.15, -0.1) is 0 Å². The first-order valence-electron chi connectivity index (χ1n) is 21.1. The molecule has 4 nitrogen and oxygen atoms in total. The molecule has 4 heteroatoms. The van der Waals surface area contributed by atoms with Gasteiger partial charge in [0.1, 0.15) is 12.0 Å². The second kappa shape index (κ2) is 13.3. The molecule has 0 fully saturated rings. The first-order chi connectivity index (χ1) is 28.4. The number of nitrogens with zero attached hydrogens (tertiary/aromatic N) is 4. The number of allylic oxidation sites excluding steroid dienone is 2. The van der Waals surface area contributed by atoms with Gasteiger partial charge < -0.3 is 9.80 Å². The van der Waals surface area contributed by atoms with Crippen molar-refractivity contribution in [2.24, 2.45) is 0 Å². The van der Waals surface area contributed by atoms with E-state index in [-0.39, 0.29) is 6.17 Å². The lowest BCUT2D eigenvalue weighted by Gasteiger charge is -2.39. The fraction of sp³-hybridized carbons (Fsp3) is 0.204. The summed E-state index contributed by atoms with van der Waals surface area (Å²) in [5, 5.41) is 0. The van der Waals surface area contributed by atoms with E-state index in [2.05, 4.69) is 195 Å². The highest BCUT2D eigenvalue weighted by Gasteiger charge is 2.46. The molecule has 3 aliphatic heterocycles. The molecule has 11 rings (SSSR count). The fourth-order valence-electron chi connectivity index (χ4n) is 10.5. The van der Waals surface area contributed by atoms with Crippen molar-refractivity contribution in [1.82, 2.24) is 9.55 Å². The average molecular weight is 753 g/mol. The average Bonchev–Trinajstić information content (AvgIpc) is 3.85. The molecule has 0 N–H and O–H groups in total. The largest absolute Gasteiger partial charge is 0.317 e. The molecule has 2 atom stereocenters. The van der Waals surface area contributed by atoms with Crippen molar-refractivity contribution in [1.29, 1.82) is 0 Å². The van der Waals surface area contributed by atoms with Gasteiger partial charge in [-0.1, -0.05) is 167 Å². The Morgan fingerprint density at radius 1 is 0.569 bits per heavy atom. The van der Waals surface area contributed by atoms with E-state index in [1.165, 1.54) is 95.2 Å². The van der Waals surface area contributed by atoms with Crippen molar-refractivity contribution in [2.45, 2.75) is 71.4 Å². The Labute approximate surface area is 342 Å². The lowest BCUT2D eigenvalue weighted by Crippen LogP contribution is -2.40. The Balaban J connectivity index is 0.985. The molecule has 4 aliphatic rings. The normalized spacial score (nSPS) is 17.3. The molecular weight excluding hydrogens is 705 g/mol. The molecule has 2 unspecified atom stereocenters. The van der Waals surface area contributed by atoms with Gasteiger partial charge in [0.25, 0.3) is 0 Å². The van der Waals surface area contributed by atoms with Crippen LogP contribution in [0, 0.1) is 0 Å². The van der Waals surface area contributed by atoms with Crippen molar-refractivity contribution < 1.29 is 0 Å². The van der Waals surface area contributed by atoms with E-state index >= 15 is 0 Å². The summed E-state index contributed by atoms with van der Waals surface area (Å²) < 4.78 is 2.36. The van der Waals surface area contributed by atoms with Crippen molar-refractivity contribution in [3.05, 3.63) is 191 Å². The fourth-order valence-corrected chi connectivity index (χ4v) is 10.5. The van der Waals surface area contributed by atoms with Gasteiger partial charge in [-0.2, -0.15) is 0 Å². The van der Waals surface area contributed by atoms with E-state index in [0.717, 1.165) is 18.7 Å². The van der Waals surface area contributed by atoms with Gasteiger partial charge in [-0.25, -0.2) is 4.98 Å².